The summed E-state index contributed by atoms with van der Waals surface area (Å²) >= 11 is 0. The Bertz CT molecular complexity index is 1310. The van der Waals surface area contributed by atoms with Crippen molar-refractivity contribution in [3.05, 3.63) is 47.1 Å². The minimum atomic E-state index is -4.55. The number of esters is 1. The van der Waals surface area contributed by atoms with Gasteiger partial charge in [0.2, 0.25) is 8.32 Å². The Balaban J connectivity index is 2.97. The molecule has 0 aliphatic heterocycles. The molecule has 0 saturated heterocycles. The second-order valence-corrected chi connectivity index (χ2v) is 20.4. The maximum atomic E-state index is 14.8. The lowest BCUT2D eigenvalue weighted by Gasteiger charge is -2.37. The van der Waals surface area contributed by atoms with E-state index >= 15 is 0 Å². The molecule has 0 aromatic heterocycles. The van der Waals surface area contributed by atoms with E-state index in [1.54, 1.807) is 20.8 Å². The Hall–Kier alpha value is -2.35. The van der Waals surface area contributed by atoms with Gasteiger partial charge in [-0.1, -0.05) is 64.3 Å². The molecule has 0 amide bonds. The van der Waals surface area contributed by atoms with Crippen LogP contribution in [0.3, 0.4) is 0 Å². The smallest absolute Gasteiger partial charge is 0.424 e. The number of carbonyl (C=O) groups excluding carboxylic acids is 2. The van der Waals surface area contributed by atoms with Crippen LogP contribution in [-0.2, 0) is 25.3 Å². The number of aryl methyl sites for hydroxylation is 1. The molecule has 1 unspecified atom stereocenters. The quantitative estimate of drug-likeness (QED) is 0.0503. The molecule has 2 rings (SSSR count). The molecule has 1 aliphatic carbocycles. The van der Waals surface area contributed by atoms with E-state index in [0.29, 0.717) is 5.75 Å². The summed E-state index contributed by atoms with van der Waals surface area (Å²) in [7, 11) is -6.75. The summed E-state index contributed by atoms with van der Waals surface area (Å²) in [6.07, 6.45) is 7.55. The Labute approximate surface area is 286 Å². The molecule has 47 heavy (non-hydrogen) atoms. The van der Waals surface area contributed by atoms with Gasteiger partial charge >= 0.3 is 19.2 Å². The summed E-state index contributed by atoms with van der Waals surface area (Å²) < 4.78 is 39.3. The largest absolute Gasteiger partial charge is 0.543 e. The number of rotatable bonds is 19. The topological polar surface area (TPSA) is 100 Å². The third-order valence-electron chi connectivity index (χ3n) is 9.22. The van der Waals surface area contributed by atoms with Crippen molar-refractivity contribution in [2.75, 3.05) is 6.61 Å². The van der Waals surface area contributed by atoms with Gasteiger partial charge in [-0.15, -0.1) is 0 Å². The molecule has 1 aromatic rings. The first-order valence-electron chi connectivity index (χ1n) is 17.7. The average Bonchev–Trinajstić information content (AvgIpc) is 2.99. The van der Waals surface area contributed by atoms with Crippen LogP contribution in [0.2, 0.25) is 18.1 Å². The number of carbonyl (C=O) groups is 2. The van der Waals surface area contributed by atoms with Crippen LogP contribution in [0, 0.1) is 5.92 Å². The molecule has 8 nitrogen and oxygen atoms in total. The van der Waals surface area contributed by atoms with E-state index in [1.165, 1.54) is 19.4 Å². The zero-order valence-electron chi connectivity index (χ0n) is 31.0. The molecule has 0 saturated carbocycles. The minimum Gasteiger partial charge on any atom is -0.543 e. The van der Waals surface area contributed by atoms with Gasteiger partial charge in [0.25, 0.3) is 0 Å². The highest BCUT2D eigenvalue weighted by atomic mass is 31.2. The third-order valence-corrected chi connectivity index (χ3v) is 15.7. The van der Waals surface area contributed by atoms with E-state index < -0.39 is 39.2 Å². The van der Waals surface area contributed by atoms with Crippen LogP contribution in [0.15, 0.2) is 35.9 Å². The summed E-state index contributed by atoms with van der Waals surface area (Å²) in [5.74, 6) is 0.281. The lowest BCUT2D eigenvalue weighted by atomic mass is 9.73. The number of ether oxygens (including phenoxy) is 2. The Morgan fingerprint density at radius 1 is 1.06 bits per heavy atom. The number of benzene rings is 1. The Kier molecular flexibility index (Phi) is 15.5. The maximum Gasteiger partial charge on any atom is 0.424 e. The summed E-state index contributed by atoms with van der Waals surface area (Å²) in [5, 5.41) is 2.77. The van der Waals surface area contributed by atoms with Crippen molar-refractivity contribution >= 4 is 27.5 Å². The van der Waals surface area contributed by atoms with Gasteiger partial charge in [-0.25, -0.2) is 14.4 Å². The van der Waals surface area contributed by atoms with E-state index in [2.05, 4.69) is 58.4 Å². The molecule has 1 aromatic carbocycles. The number of hydrogen-bond donors (Lipinski definition) is 1. The summed E-state index contributed by atoms with van der Waals surface area (Å²) in [4.78, 5) is 26.7. The SMILES string of the molecule is C=C(C)[C@@H]1CCC(C)=C[C@H]1c1c(O[Si](CC)(CC)CC)cc(CCCCC)cc1OP(=O)(NC(C)(C)C(=O)OC(C)C)C(=O)OCC. The highest BCUT2D eigenvalue weighted by Crippen LogP contribution is 2.54. The molecular formula is C37H62NO7PSi. The van der Waals surface area contributed by atoms with Crippen LogP contribution >= 0.6 is 7.52 Å². The molecule has 1 aliphatic rings. The van der Waals surface area contributed by atoms with Gasteiger partial charge in [-0.05, 0) is 116 Å². The van der Waals surface area contributed by atoms with Gasteiger partial charge in [-0.3, -0.25) is 4.79 Å². The average molecular weight is 692 g/mol. The second kappa shape index (κ2) is 17.9. The predicted octanol–water partition coefficient (Wildman–Crippen LogP) is 10.9. The van der Waals surface area contributed by atoms with Crippen molar-refractivity contribution in [3.63, 3.8) is 0 Å². The number of unbranched alkanes of at least 4 members (excludes halogenated alkanes) is 2. The normalized spacial score (nSPS) is 18.3. The van der Waals surface area contributed by atoms with E-state index in [0.717, 1.165) is 79.1 Å². The van der Waals surface area contributed by atoms with Crippen LogP contribution in [0.5, 0.6) is 11.5 Å². The van der Waals surface area contributed by atoms with Crippen molar-refractivity contribution < 1.29 is 32.6 Å². The summed E-state index contributed by atoms with van der Waals surface area (Å²) in [6, 6.07) is 6.86. The first-order valence-corrected chi connectivity index (χ1v) is 21.8. The van der Waals surface area contributed by atoms with Crippen LogP contribution in [-0.4, -0.2) is 38.2 Å². The molecule has 0 spiro atoms. The predicted molar refractivity (Wildman–Crippen MR) is 195 cm³/mol. The molecule has 266 valence electrons. The first kappa shape index (κ1) is 40.8. The van der Waals surface area contributed by atoms with E-state index in [1.807, 2.05) is 13.0 Å². The zero-order chi connectivity index (χ0) is 35.6. The van der Waals surface area contributed by atoms with Crippen LogP contribution < -0.4 is 14.0 Å². The van der Waals surface area contributed by atoms with Gasteiger partial charge in [0.1, 0.15) is 17.0 Å². The number of hydrogen-bond acceptors (Lipinski definition) is 7. The van der Waals surface area contributed by atoms with Crippen molar-refractivity contribution in [1.82, 2.24) is 5.09 Å². The van der Waals surface area contributed by atoms with Crippen molar-refractivity contribution in [2.45, 2.75) is 150 Å². The van der Waals surface area contributed by atoms with Crippen molar-refractivity contribution in [2.24, 2.45) is 5.92 Å². The number of nitrogens with one attached hydrogen (secondary N) is 1. The fourth-order valence-corrected chi connectivity index (χ4v) is 10.5. The van der Waals surface area contributed by atoms with Crippen LogP contribution in [0.4, 0.5) is 4.79 Å². The lowest BCUT2D eigenvalue weighted by molar-refractivity contribution is -0.153. The van der Waals surface area contributed by atoms with E-state index in [9.17, 15) is 14.2 Å². The molecule has 0 heterocycles. The van der Waals surface area contributed by atoms with Gasteiger partial charge < -0.3 is 18.4 Å². The fourth-order valence-electron chi connectivity index (χ4n) is 6.20. The third kappa shape index (κ3) is 10.8. The van der Waals surface area contributed by atoms with Crippen molar-refractivity contribution in [1.29, 1.82) is 0 Å². The molecule has 0 fully saturated rings. The van der Waals surface area contributed by atoms with Gasteiger partial charge in [0.05, 0.1) is 12.7 Å². The Morgan fingerprint density at radius 2 is 1.68 bits per heavy atom. The molecular weight excluding hydrogens is 629 g/mol. The summed E-state index contributed by atoms with van der Waals surface area (Å²) in [5.41, 5.74) is 1.44. The molecule has 10 heteroatoms. The molecule has 0 radical (unpaired) electrons. The highest BCUT2D eigenvalue weighted by Gasteiger charge is 2.47. The van der Waals surface area contributed by atoms with Gasteiger partial charge in [0, 0.05) is 11.5 Å². The first-order chi connectivity index (χ1) is 22.0. The number of allylic oxidation sites excluding steroid dienone is 3. The van der Waals surface area contributed by atoms with Gasteiger partial charge in [-0.2, -0.15) is 0 Å². The van der Waals surface area contributed by atoms with E-state index in [4.69, 9.17) is 18.4 Å². The lowest BCUT2D eigenvalue weighted by Crippen LogP contribution is -2.48. The van der Waals surface area contributed by atoms with Gasteiger partial charge in [0.15, 0.2) is 0 Å². The maximum absolute atomic E-state index is 14.8. The fraction of sp³-hybridized carbons (Fsp3) is 0.676. The van der Waals surface area contributed by atoms with E-state index in [-0.39, 0.29) is 18.4 Å². The Morgan fingerprint density at radius 3 is 2.21 bits per heavy atom. The second-order valence-electron chi connectivity index (χ2n) is 13.9. The van der Waals surface area contributed by atoms with Crippen LogP contribution in [0.1, 0.15) is 125 Å². The molecule has 1 N–H and O–H groups in total. The monoisotopic (exact) mass is 691 g/mol. The summed E-state index contributed by atoms with van der Waals surface area (Å²) in [6.45, 7) is 25.4. The molecule has 3 atom stereocenters. The highest BCUT2D eigenvalue weighted by molar-refractivity contribution is 7.74. The van der Waals surface area contributed by atoms with Crippen LogP contribution in [0.25, 0.3) is 0 Å². The zero-order valence-corrected chi connectivity index (χ0v) is 32.9. The standard InChI is InChI=1S/C37H62NO7PSi/c1-13-18-19-20-29-24-32(44-46(41,36(40)42-14-2)38-37(11,12)35(39)43-27(8)9)34(31-23-28(10)21-22-30(31)26(6)7)33(25-29)45-47(15-3,16-4)17-5/h23-25,27,30-31H,6,13-22H2,1-5,7-12H3,(H,38,41)/t30-,31+,46?/m0/s1. The molecule has 0 bridgehead atoms. The minimum absolute atomic E-state index is 0.0110. The van der Waals surface area contributed by atoms with Crippen molar-refractivity contribution in [3.8, 4) is 11.5 Å².